The molecule has 3 heterocycles. The van der Waals surface area contributed by atoms with Gasteiger partial charge in [0.15, 0.2) is 0 Å². The van der Waals surface area contributed by atoms with Crippen molar-refractivity contribution in [3.05, 3.63) is 212 Å². The van der Waals surface area contributed by atoms with Gasteiger partial charge in [-0.3, -0.25) is 0 Å². The maximum absolute atomic E-state index is 10.2. The fourth-order valence-electron chi connectivity index (χ4n) is 7.77. The molecule has 0 unspecified atom stereocenters. The zero-order valence-corrected chi connectivity index (χ0v) is 29.4. The summed E-state index contributed by atoms with van der Waals surface area (Å²) < 4.78 is 199. The highest BCUT2D eigenvalue weighted by Crippen LogP contribution is 2.42. The van der Waals surface area contributed by atoms with Crippen molar-refractivity contribution in [3.63, 3.8) is 0 Å². The van der Waals surface area contributed by atoms with Crippen molar-refractivity contribution in [2.24, 2.45) is 0 Å². The Balaban J connectivity index is 1.27. The number of hydrogen-bond acceptors (Lipinski definition) is 0. The van der Waals surface area contributed by atoms with Crippen molar-refractivity contribution in [3.8, 4) is 39.3 Å². The summed E-state index contributed by atoms with van der Waals surface area (Å²) in [6.45, 7) is 0. The second-order valence-corrected chi connectivity index (χ2v) is 13.3. The minimum atomic E-state index is -0.868. The number of fused-ring (bicyclic) bond motifs is 9. The Bertz CT molecular complexity index is 4720. The molecular formula is C54H35N3. The Kier molecular flexibility index (Phi) is 3.81. The second kappa shape index (κ2) is 12.5. The molecule has 9 aromatic carbocycles. The highest BCUT2D eigenvalue weighted by Gasteiger charge is 2.19. The van der Waals surface area contributed by atoms with Gasteiger partial charge in [-0.25, -0.2) is 0 Å². The van der Waals surface area contributed by atoms with Crippen molar-refractivity contribution in [1.29, 1.82) is 0 Å². The van der Waals surface area contributed by atoms with Crippen molar-refractivity contribution in [2.75, 3.05) is 0 Å². The van der Waals surface area contributed by atoms with Crippen molar-refractivity contribution in [1.82, 2.24) is 13.7 Å². The van der Waals surface area contributed by atoms with E-state index in [4.69, 9.17) is 11.0 Å². The highest BCUT2D eigenvalue weighted by atomic mass is 15.0. The largest absolute Gasteiger partial charge is 0.309 e. The predicted octanol–water partition coefficient (Wildman–Crippen LogP) is 14.3. The van der Waals surface area contributed by atoms with Crippen LogP contribution in [0.1, 0.15) is 28.8 Å². The quantitative estimate of drug-likeness (QED) is 0.167. The Hall–Kier alpha value is -7.62. The number of para-hydroxylation sites is 4. The smallest absolute Gasteiger partial charge is 0.0652 e. The van der Waals surface area contributed by atoms with Crippen molar-refractivity contribution >= 4 is 65.4 Å². The van der Waals surface area contributed by atoms with Crippen LogP contribution in [0.5, 0.6) is 0 Å². The molecule has 0 fully saturated rings. The van der Waals surface area contributed by atoms with E-state index in [-0.39, 0.29) is 49.3 Å². The maximum Gasteiger partial charge on any atom is 0.0652 e. The first-order chi connectivity index (χ1) is 37.1. The molecular weight excluding hydrogens is 691 g/mol. The van der Waals surface area contributed by atoms with Crippen LogP contribution in [0.25, 0.3) is 105 Å². The first-order valence-electron chi connectivity index (χ1n) is 28.4. The van der Waals surface area contributed by atoms with E-state index in [0.29, 0.717) is 5.69 Å². The van der Waals surface area contributed by atoms with E-state index < -0.39 is 166 Å². The Morgan fingerprint density at radius 1 is 0.298 bits per heavy atom. The van der Waals surface area contributed by atoms with Crippen LogP contribution in [0.15, 0.2) is 212 Å². The summed E-state index contributed by atoms with van der Waals surface area (Å²) in [4.78, 5) is 0. The van der Waals surface area contributed by atoms with Crippen LogP contribution in [-0.4, -0.2) is 13.7 Å². The second-order valence-electron chi connectivity index (χ2n) is 13.3. The lowest BCUT2D eigenvalue weighted by atomic mass is 9.98. The van der Waals surface area contributed by atoms with Crippen LogP contribution in [0.2, 0.25) is 0 Å². The van der Waals surface area contributed by atoms with Gasteiger partial charge >= 0.3 is 0 Å². The molecule has 3 aromatic heterocycles. The molecule has 0 saturated carbocycles. The van der Waals surface area contributed by atoms with Crippen LogP contribution >= 0.6 is 0 Å². The molecule has 0 atom stereocenters. The number of benzene rings is 9. The molecule has 12 aromatic rings. The molecule has 0 bridgehead atoms. The lowest BCUT2D eigenvalue weighted by molar-refractivity contribution is 1.17. The third-order valence-corrected chi connectivity index (χ3v) is 10.2. The molecule has 3 nitrogen and oxygen atoms in total. The molecule has 0 aliphatic carbocycles. The molecule has 0 amide bonds. The fraction of sp³-hybridized carbons (Fsp3) is 0. The average Bonchev–Trinajstić information content (AvgIpc) is 3.21. The van der Waals surface area contributed by atoms with Crippen molar-refractivity contribution < 1.29 is 28.8 Å². The van der Waals surface area contributed by atoms with Gasteiger partial charge < -0.3 is 13.7 Å². The zero-order valence-electron chi connectivity index (χ0n) is 50.4. The Labute approximate surface area is 359 Å². The molecule has 12 rings (SSSR count). The lowest BCUT2D eigenvalue weighted by Crippen LogP contribution is -1.95. The maximum atomic E-state index is 10.2. The van der Waals surface area contributed by atoms with Gasteiger partial charge in [-0.2, -0.15) is 0 Å². The van der Waals surface area contributed by atoms with Gasteiger partial charge in [0.25, 0.3) is 0 Å². The summed E-state index contributed by atoms with van der Waals surface area (Å²) in [7, 11) is 0. The molecule has 0 spiro atoms. The molecule has 0 saturated heterocycles. The Morgan fingerprint density at radius 2 is 0.789 bits per heavy atom. The first-order valence-corrected chi connectivity index (χ1v) is 17.9. The van der Waals surface area contributed by atoms with Crippen LogP contribution in [0.3, 0.4) is 0 Å². The number of nitrogens with zero attached hydrogens (tertiary/aromatic N) is 3. The SMILES string of the molecule is [2H]c1c([2H])c([2H])c2c(c1[2H])c1c([2H])c(-n3c4c([2H])c([2H])c([2H])c([2H])c4c4c([2H])c(-c5c([2H])c([2H])c([2H])c6c5c5c([2H])c([2H])c([2H])c([2H])c5n6-c5ccc(-c6ccccc6)cc5)c([2H])c([2H])c43)c([2H])c([2H])c1n2-c1ccccc1. The number of rotatable bonds is 5. The van der Waals surface area contributed by atoms with Crippen LogP contribution in [0, 0.1) is 0 Å². The summed E-state index contributed by atoms with van der Waals surface area (Å²) in [6, 6.07) is 9.49. The van der Waals surface area contributed by atoms with E-state index in [1.165, 1.54) is 9.13 Å². The van der Waals surface area contributed by atoms with Gasteiger partial charge in [0.2, 0.25) is 0 Å². The van der Waals surface area contributed by atoms with E-state index in [2.05, 4.69) is 0 Å². The molecule has 57 heavy (non-hydrogen) atoms. The topological polar surface area (TPSA) is 14.8 Å². The van der Waals surface area contributed by atoms with Crippen LogP contribution in [-0.2, 0) is 0 Å². The summed E-state index contributed by atoms with van der Waals surface area (Å²) in [5.74, 6) is 0. The average molecular weight is 747 g/mol. The summed E-state index contributed by atoms with van der Waals surface area (Å²) in [5, 5.41) is -1.92. The number of aromatic nitrogens is 3. The standard InChI is InChI=1S/C54H35N3/c1-3-14-36(15-4-1)37-26-29-40(30-27-37)56-50-24-12-9-20-45(50)54-42(21-13-25-53(54)56)38-28-32-51-46(34-38)43-18-7-11-23-49(43)57(51)41-31-33-52-47(35-41)44-19-8-10-22-48(44)55(52)39-16-5-2-6-17-39/h1-35H/i7D,8D,9D,10D,11D,12D,13D,18D,19D,20D,21D,22D,23D,24D,25D,28D,31D,32D,33D,34D,35D. The van der Waals surface area contributed by atoms with Gasteiger partial charge in [-0.1, -0.05) is 133 Å². The van der Waals surface area contributed by atoms with Gasteiger partial charge in [-0.05, 0) is 101 Å². The Morgan fingerprint density at radius 3 is 1.49 bits per heavy atom. The molecule has 0 aliphatic heterocycles. The summed E-state index contributed by atoms with van der Waals surface area (Å²) in [5.41, 5.74) is -1.21. The highest BCUT2D eigenvalue weighted by molar-refractivity contribution is 6.18. The number of hydrogen-bond donors (Lipinski definition) is 0. The monoisotopic (exact) mass is 746 g/mol. The molecule has 0 aliphatic rings. The molecule has 0 radical (unpaired) electrons. The third kappa shape index (κ3) is 4.79. The van der Waals surface area contributed by atoms with E-state index >= 15 is 0 Å². The van der Waals surface area contributed by atoms with Gasteiger partial charge in [-0.15, -0.1) is 0 Å². The minimum Gasteiger partial charge on any atom is -0.309 e. The van der Waals surface area contributed by atoms with Crippen molar-refractivity contribution in [2.45, 2.75) is 0 Å². The van der Waals surface area contributed by atoms with Gasteiger partial charge in [0.1, 0.15) is 0 Å². The first kappa shape index (κ1) is 17.5. The zero-order chi connectivity index (χ0) is 55.7. The van der Waals surface area contributed by atoms with E-state index in [9.17, 15) is 17.8 Å². The third-order valence-electron chi connectivity index (χ3n) is 10.2. The van der Waals surface area contributed by atoms with Gasteiger partial charge in [0.05, 0.1) is 61.9 Å². The molecule has 266 valence electrons. The minimum absolute atomic E-state index is 0.141. The predicted molar refractivity (Wildman–Crippen MR) is 240 cm³/mol. The normalized spacial score (nSPS) is 17.0. The van der Waals surface area contributed by atoms with E-state index in [1.807, 2.05) is 30.3 Å². The fourth-order valence-corrected chi connectivity index (χ4v) is 7.77. The molecule has 0 N–H and O–H groups in total. The van der Waals surface area contributed by atoms with Crippen LogP contribution < -0.4 is 0 Å². The van der Waals surface area contributed by atoms with Crippen LogP contribution in [0.4, 0.5) is 0 Å². The summed E-state index contributed by atoms with van der Waals surface area (Å²) in [6.07, 6.45) is 0. The summed E-state index contributed by atoms with van der Waals surface area (Å²) >= 11 is 0. The van der Waals surface area contributed by atoms with Gasteiger partial charge in [0, 0.05) is 49.4 Å². The lowest BCUT2D eigenvalue weighted by Gasteiger charge is -2.11. The molecule has 3 heteroatoms. The van der Waals surface area contributed by atoms with E-state index in [0.717, 1.165) is 15.7 Å². The van der Waals surface area contributed by atoms with E-state index in [1.54, 1.807) is 54.6 Å².